The topological polar surface area (TPSA) is 53.5 Å². The quantitative estimate of drug-likeness (QED) is 0.372. The van der Waals surface area contributed by atoms with Gasteiger partial charge in [0.1, 0.15) is 0 Å². The summed E-state index contributed by atoms with van der Waals surface area (Å²) in [6.07, 6.45) is 0. The van der Waals surface area contributed by atoms with E-state index in [1.165, 1.54) is 7.11 Å². The molecule has 0 aliphatic heterocycles. The highest BCUT2D eigenvalue weighted by Gasteiger charge is 1.58. The van der Waals surface area contributed by atoms with E-state index in [-0.39, 0.29) is 0 Å². The Hall–Kier alpha value is -0.160. The minimum Gasteiger partial charge on any atom is -0.300 e. The van der Waals surface area contributed by atoms with Crippen molar-refractivity contribution in [2.24, 2.45) is 0 Å². The van der Waals surface area contributed by atoms with Gasteiger partial charge in [-0.15, -0.1) is 11.2 Å². The van der Waals surface area contributed by atoms with Crippen LogP contribution in [0.2, 0.25) is 0 Å². The lowest BCUT2D eigenvalue weighted by Crippen LogP contribution is -2.26. The average molecular weight is 78.1 g/mol. The number of hydrazine groups is 1. The van der Waals surface area contributed by atoms with Crippen LogP contribution in [0, 0.1) is 0 Å². The van der Waals surface area contributed by atoms with E-state index in [1.807, 2.05) is 5.59 Å². The zero-order chi connectivity index (χ0) is 4.12. The maximum absolute atomic E-state index is 7.58. The van der Waals surface area contributed by atoms with E-state index in [4.69, 9.17) is 5.21 Å². The molecule has 0 aliphatic carbocycles. The second-order valence-electron chi connectivity index (χ2n) is 0.418. The van der Waals surface area contributed by atoms with Crippen molar-refractivity contribution in [1.29, 1.82) is 0 Å². The van der Waals surface area contributed by atoms with Crippen LogP contribution < -0.4 is 11.2 Å². The van der Waals surface area contributed by atoms with Crippen LogP contribution in [0.15, 0.2) is 0 Å². The minimum absolute atomic E-state index is 1.38. The molecule has 0 aromatic heterocycles. The summed E-state index contributed by atoms with van der Waals surface area (Å²) in [5, 5.41) is 7.58. The highest BCUT2D eigenvalue weighted by molar-refractivity contribution is 3.69. The van der Waals surface area contributed by atoms with Gasteiger partial charge in [0.05, 0.1) is 7.11 Å². The summed E-state index contributed by atoms with van der Waals surface area (Å²) in [7, 11) is 1.38. The molecule has 0 bridgehead atoms. The van der Waals surface area contributed by atoms with E-state index >= 15 is 0 Å². The lowest BCUT2D eigenvalue weighted by Gasteiger charge is -1.89. The second-order valence-corrected chi connectivity index (χ2v) is 0.418. The average Bonchev–Trinajstić information content (AvgIpc) is 1.41. The zero-order valence-corrected chi connectivity index (χ0v) is 2.86. The van der Waals surface area contributed by atoms with Crippen LogP contribution in [0.1, 0.15) is 0 Å². The van der Waals surface area contributed by atoms with Gasteiger partial charge in [0.25, 0.3) is 0 Å². The third kappa shape index (κ3) is 3.84. The molecule has 0 saturated carbocycles. The zero-order valence-electron chi connectivity index (χ0n) is 2.86. The summed E-state index contributed by atoms with van der Waals surface area (Å²) in [5.41, 5.74) is 3.46. The van der Waals surface area contributed by atoms with Gasteiger partial charge in [0.2, 0.25) is 0 Å². The van der Waals surface area contributed by atoms with E-state index in [0.717, 1.165) is 0 Å². The van der Waals surface area contributed by atoms with E-state index < -0.39 is 0 Å². The van der Waals surface area contributed by atoms with Gasteiger partial charge in [-0.1, -0.05) is 0 Å². The minimum atomic E-state index is 1.38. The standard InChI is InChI=1S/CH6N2O2/c1-5-3-2-4/h2-4H,1H3. The molecule has 0 spiro atoms. The fraction of sp³-hybridized carbons (Fsp3) is 1.00. The first-order valence-electron chi connectivity index (χ1n) is 1.09. The largest absolute Gasteiger partial charge is 0.300 e. The number of rotatable bonds is 2. The second kappa shape index (κ2) is 3.84. The van der Waals surface area contributed by atoms with Crippen molar-refractivity contribution in [3.8, 4) is 0 Å². The predicted molar refractivity (Wildman–Crippen MR) is 15.1 cm³/mol. The van der Waals surface area contributed by atoms with Crippen LogP contribution in [-0.2, 0) is 4.84 Å². The molecular weight excluding hydrogens is 72.0 g/mol. The molecule has 0 radical (unpaired) electrons. The molecule has 3 N–H and O–H groups in total. The van der Waals surface area contributed by atoms with Crippen LogP contribution >= 0.6 is 0 Å². The van der Waals surface area contributed by atoms with E-state index in [9.17, 15) is 0 Å². The monoisotopic (exact) mass is 78.0 g/mol. The molecule has 0 saturated heterocycles. The van der Waals surface area contributed by atoms with Gasteiger partial charge < -0.3 is 5.21 Å². The van der Waals surface area contributed by atoms with Gasteiger partial charge in [0, 0.05) is 0 Å². The lowest BCUT2D eigenvalue weighted by molar-refractivity contribution is -0.0472. The molecule has 4 nitrogen and oxygen atoms in total. The van der Waals surface area contributed by atoms with Crippen molar-refractivity contribution in [2.75, 3.05) is 7.11 Å². The molecule has 0 fully saturated rings. The molecule has 0 heterocycles. The molecule has 0 amide bonds. The van der Waals surface area contributed by atoms with Crippen LogP contribution in [0.25, 0.3) is 0 Å². The van der Waals surface area contributed by atoms with Gasteiger partial charge in [-0.05, 0) is 0 Å². The normalized spacial score (nSPS) is 8.40. The summed E-state index contributed by atoms with van der Waals surface area (Å²) in [6, 6.07) is 0. The highest BCUT2D eigenvalue weighted by Crippen LogP contribution is 1.33. The molecule has 0 aromatic rings. The summed E-state index contributed by atoms with van der Waals surface area (Å²) >= 11 is 0. The summed E-state index contributed by atoms with van der Waals surface area (Å²) < 4.78 is 0. The van der Waals surface area contributed by atoms with Crippen molar-refractivity contribution in [3.63, 3.8) is 0 Å². The van der Waals surface area contributed by atoms with Crippen LogP contribution in [0.3, 0.4) is 0 Å². The van der Waals surface area contributed by atoms with E-state index in [1.54, 1.807) is 5.59 Å². The van der Waals surface area contributed by atoms with Crippen LogP contribution in [-0.4, -0.2) is 12.3 Å². The van der Waals surface area contributed by atoms with Crippen molar-refractivity contribution >= 4 is 0 Å². The number of hydrogen-bond donors (Lipinski definition) is 3. The Morgan fingerprint density at radius 1 is 1.80 bits per heavy atom. The van der Waals surface area contributed by atoms with Crippen molar-refractivity contribution < 1.29 is 10.0 Å². The lowest BCUT2D eigenvalue weighted by atomic mass is 11.7. The molecular formula is CH6N2O2. The first-order chi connectivity index (χ1) is 2.41. The summed E-state index contributed by atoms with van der Waals surface area (Å²) in [6.45, 7) is 0. The molecule has 0 rings (SSSR count). The Bertz CT molecular complexity index is 15.1. The Kier molecular flexibility index (Phi) is 3.72. The van der Waals surface area contributed by atoms with Gasteiger partial charge in [-0.2, -0.15) is 0 Å². The van der Waals surface area contributed by atoms with Gasteiger partial charge in [0.15, 0.2) is 0 Å². The first-order valence-corrected chi connectivity index (χ1v) is 1.09. The molecule has 0 aromatic carbocycles. The highest BCUT2D eigenvalue weighted by atomic mass is 16.7. The van der Waals surface area contributed by atoms with Gasteiger partial charge in [-0.25, -0.2) is 0 Å². The summed E-state index contributed by atoms with van der Waals surface area (Å²) in [5.74, 6) is 0. The van der Waals surface area contributed by atoms with E-state index in [2.05, 4.69) is 4.84 Å². The Balaban J connectivity index is 2.19. The van der Waals surface area contributed by atoms with Crippen molar-refractivity contribution in [3.05, 3.63) is 0 Å². The van der Waals surface area contributed by atoms with E-state index in [0.29, 0.717) is 0 Å². The van der Waals surface area contributed by atoms with Crippen LogP contribution in [0.5, 0.6) is 0 Å². The van der Waals surface area contributed by atoms with Crippen molar-refractivity contribution in [2.45, 2.75) is 0 Å². The number of nitrogens with one attached hydrogen (secondary N) is 2. The number of hydrogen-bond acceptors (Lipinski definition) is 4. The molecule has 0 atom stereocenters. The maximum Gasteiger partial charge on any atom is 0.0589 e. The fourth-order valence-corrected chi connectivity index (χ4v) is 0.0456. The Labute approximate surface area is 29.6 Å². The van der Waals surface area contributed by atoms with Crippen molar-refractivity contribution in [1.82, 2.24) is 11.2 Å². The molecule has 4 heteroatoms. The molecule has 5 heavy (non-hydrogen) atoms. The van der Waals surface area contributed by atoms with Crippen LogP contribution in [0.4, 0.5) is 0 Å². The molecule has 0 unspecified atom stereocenters. The van der Waals surface area contributed by atoms with Gasteiger partial charge >= 0.3 is 0 Å². The molecule has 32 valence electrons. The fourth-order valence-electron chi connectivity index (χ4n) is 0.0456. The Morgan fingerprint density at radius 3 is 2.40 bits per heavy atom. The maximum atomic E-state index is 7.58. The SMILES string of the molecule is CONNO. The molecule has 0 aliphatic rings. The third-order valence-corrected chi connectivity index (χ3v) is 0.148. The predicted octanol–water partition coefficient (Wildman–Crippen LogP) is -0.969. The third-order valence-electron chi connectivity index (χ3n) is 0.148. The van der Waals surface area contributed by atoms with Gasteiger partial charge in [-0.3, -0.25) is 4.84 Å². The Morgan fingerprint density at radius 2 is 2.40 bits per heavy atom. The first kappa shape index (κ1) is 4.84. The summed E-state index contributed by atoms with van der Waals surface area (Å²) in [4.78, 5) is 4.08. The smallest absolute Gasteiger partial charge is 0.0589 e.